The number of nitrogens with zero attached hydrogens (tertiary/aromatic N) is 1. The number of unbranched alkanes of at least 4 members (excludes halogenated alkanes) is 1. The van der Waals surface area contributed by atoms with E-state index < -0.39 is 0 Å². The molecule has 0 aliphatic carbocycles. The van der Waals surface area contributed by atoms with E-state index in [0.29, 0.717) is 5.13 Å². The van der Waals surface area contributed by atoms with Crippen molar-refractivity contribution in [3.63, 3.8) is 0 Å². The van der Waals surface area contributed by atoms with Crippen LogP contribution < -0.4 is 5.73 Å². The van der Waals surface area contributed by atoms with Gasteiger partial charge in [-0.3, -0.25) is 0 Å². The first-order chi connectivity index (χ1) is 8.31. The van der Waals surface area contributed by atoms with Crippen LogP contribution in [0.2, 0.25) is 0 Å². The van der Waals surface area contributed by atoms with Crippen LogP contribution in [0.4, 0.5) is 5.13 Å². The van der Waals surface area contributed by atoms with E-state index in [4.69, 9.17) is 17.3 Å². The summed E-state index contributed by atoms with van der Waals surface area (Å²) in [7, 11) is 0. The van der Waals surface area contributed by atoms with Crippen molar-refractivity contribution in [1.82, 2.24) is 4.98 Å². The monoisotopic (exact) mass is 266 g/mol. The minimum Gasteiger partial charge on any atom is -0.375 e. The molecule has 4 heteroatoms. The van der Waals surface area contributed by atoms with Crippen LogP contribution in [0.5, 0.6) is 0 Å². The molecule has 0 fully saturated rings. The molecule has 17 heavy (non-hydrogen) atoms. The van der Waals surface area contributed by atoms with E-state index in [1.807, 2.05) is 11.4 Å². The highest BCUT2D eigenvalue weighted by molar-refractivity contribution is 7.13. The number of nitrogens with two attached hydrogens (primary N) is 1. The number of hydrogen-bond acceptors (Lipinski definition) is 3. The van der Waals surface area contributed by atoms with Gasteiger partial charge in [0.15, 0.2) is 5.13 Å². The Balaban J connectivity index is 2.21. The van der Waals surface area contributed by atoms with Gasteiger partial charge in [0.1, 0.15) is 0 Å². The molecule has 0 radical (unpaired) electrons. The van der Waals surface area contributed by atoms with Gasteiger partial charge in [-0.2, -0.15) is 0 Å². The summed E-state index contributed by atoms with van der Waals surface area (Å²) in [5, 5.41) is 2.63. The molecule has 2 nitrogen and oxygen atoms in total. The lowest BCUT2D eigenvalue weighted by Crippen LogP contribution is -1.91. The van der Waals surface area contributed by atoms with Gasteiger partial charge in [0.2, 0.25) is 0 Å². The first kappa shape index (κ1) is 12.4. The summed E-state index contributed by atoms with van der Waals surface area (Å²) in [4.78, 5) is 4.34. The number of halogens is 1. The predicted octanol–water partition coefficient (Wildman–Crippen LogP) is 3.95. The molecule has 0 saturated heterocycles. The quantitative estimate of drug-likeness (QED) is 0.657. The number of hydrogen-bond donors (Lipinski definition) is 1. The Morgan fingerprint density at radius 1 is 1.24 bits per heavy atom. The highest BCUT2D eigenvalue weighted by Crippen LogP contribution is 2.27. The molecule has 0 atom stereocenters. The van der Waals surface area contributed by atoms with Gasteiger partial charge in [-0.25, -0.2) is 4.98 Å². The number of alkyl halides is 1. The van der Waals surface area contributed by atoms with Gasteiger partial charge in [-0.15, -0.1) is 22.9 Å². The maximum Gasteiger partial charge on any atom is 0.180 e. The molecule has 1 heterocycles. The Hall–Kier alpha value is -1.06. The smallest absolute Gasteiger partial charge is 0.180 e. The number of nitrogen functional groups attached to an aromatic ring is 1. The maximum atomic E-state index is 5.70. The Labute approximate surface area is 110 Å². The topological polar surface area (TPSA) is 38.9 Å². The molecule has 0 saturated carbocycles. The Kier molecular flexibility index (Phi) is 4.40. The van der Waals surface area contributed by atoms with Gasteiger partial charge in [0, 0.05) is 16.8 Å². The van der Waals surface area contributed by atoms with E-state index in [1.165, 1.54) is 22.5 Å². The van der Waals surface area contributed by atoms with Crippen molar-refractivity contribution >= 4 is 28.1 Å². The van der Waals surface area contributed by atoms with E-state index in [-0.39, 0.29) is 0 Å². The summed E-state index contributed by atoms with van der Waals surface area (Å²) in [6.07, 6.45) is 3.20. The largest absolute Gasteiger partial charge is 0.375 e. The van der Waals surface area contributed by atoms with E-state index >= 15 is 0 Å². The molecule has 2 N–H and O–H groups in total. The number of rotatable bonds is 5. The molecule has 0 amide bonds. The van der Waals surface area contributed by atoms with E-state index in [2.05, 4.69) is 23.2 Å². The minimum atomic E-state index is 0.621. The van der Waals surface area contributed by atoms with Crippen LogP contribution in [0, 0.1) is 0 Å². The Morgan fingerprint density at radius 3 is 2.76 bits per heavy atom. The summed E-state index contributed by atoms with van der Waals surface area (Å²) in [6.45, 7) is 0. The van der Waals surface area contributed by atoms with E-state index in [9.17, 15) is 0 Å². The van der Waals surface area contributed by atoms with Gasteiger partial charge in [-0.05, 0) is 24.8 Å². The third-order valence-corrected chi connectivity index (χ3v) is 3.59. The number of anilines is 1. The third kappa shape index (κ3) is 3.20. The lowest BCUT2D eigenvalue weighted by atomic mass is 10.0. The molecule has 0 unspecified atom stereocenters. The first-order valence-corrected chi connectivity index (χ1v) is 7.08. The molecule has 0 spiro atoms. The van der Waals surface area contributed by atoms with E-state index in [0.717, 1.165) is 30.8 Å². The predicted molar refractivity (Wildman–Crippen MR) is 75.6 cm³/mol. The van der Waals surface area contributed by atoms with Crippen molar-refractivity contribution in [2.45, 2.75) is 19.3 Å². The van der Waals surface area contributed by atoms with Crippen molar-refractivity contribution in [2.24, 2.45) is 0 Å². The highest BCUT2D eigenvalue weighted by Gasteiger charge is 2.07. The molecule has 0 aliphatic heterocycles. The molecule has 1 aromatic heterocycles. The standard InChI is InChI=1S/C13H15ClN2S/c14-8-4-3-6-10-5-1-2-7-11(10)12-9-17-13(15)16-12/h1-2,5,7,9H,3-4,6,8H2,(H2,15,16). The fourth-order valence-corrected chi connectivity index (χ4v) is 2.56. The van der Waals surface area contributed by atoms with Crippen LogP contribution in [0.25, 0.3) is 11.3 Å². The Morgan fingerprint density at radius 2 is 2.06 bits per heavy atom. The SMILES string of the molecule is Nc1nc(-c2ccccc2CCCCCl)cs1. The van der Waals surface area contributed by atoms with Crippen LogP contribution in [0.3, 0.4) is 0 Å². The third-order valence-electron chi connectivity index (χ3n) is 2.65. The molecule has 0 aliphatic rings. The lowest BCUT2D eigenvalue weighted by molar-refractivity contribution is 0.800. The Bertz CT molecular complexity index is 482. The normalized spacial score (nSPS) is 10.6. The number of thiazole rings is 1. The fraction of sp³-hybridized carbons (Fsp3) is 0.308. The average molecular weight is 267 g/mol. The highest BCUT2D eigenvalue weighted by atomic mass is 35.5. The second kappa shape index (κ2) is 6.03. The molecular formula is C13H15ClN2S. The number of benzene rings is 1. The summed E-state index contributed by atoms with van der Waals surface area (Å²) < 4.78 is 0. The molecule has 1 aromatic carbocycles. The second-order valence-electron chi connectivity index (χ2n) is 3.87. The van der Waals surface area contributed by atoms with Gasteiger partial charge in [0.05, 0.1) is 5.69 Å². The zero-order chi connectivity index (χ0) is 12.1. The molecule has 2 rings (SSSR count). The summed E-state index contributed by atoms with van der Waals surface area (Å²) in [6, 6.07) is 8.36. The average Bonchev–Trinajstić information content (AvgIpc) is 2.77. The molecule has 90 valence electrons. The van der Waals surface area contributed by atoms with Crippen LogP contribution in [0.1, 0.15) is 18.4 Å². The summed E-state index contributed by atoms with van der Waals surface area (Å²) in [5.74, 6) is 0.728. The molecular weight excluding hydrogens is 252 g/mol. The fourth-order valence-electron chi connectivity index (χ4n) is 1.81. The van der Waals surface area contributed by atoms with Crippen LogP contribution in [-0.2, 0) is 6.42 Å². The lowest BCUT2D eigenvalue weighted by Gasteiger charge is -2.06. The van der Waals surface area contributed by atoms with Crippen molar-refractivity contribution in [2.75, 3.05) is 11.6 Å². The first-order valence-electron chi connectivity index (χ1n) is 5.66. The van der Waals surface area contributed by atoms with Gasteiger partial charge < -0.3 is 5.73 Å². The van der Waals surface area contributed by atoms with Gasteiger partial charge in [0.25, 0.3) is 0 Å². The van der Waals surface area contributed by atoms with E-state index in [1.54, 1.807) is 0 Å². The number of aromatic nitrogens is 1. The van der Waals surface area contributed by atoms with Gasteiger partial charge >= 0.3 is 0 Å². The number of aryl methyl sites for hydroxylation is 1. The summed E-state index contributed by atoms with van der Waals surface area (Å²) >= 11 is 7.18. The molecule has 2 aromatic rings. The zero-order valence-corrected chi connectivity index (χ0v) is 11.1. The second-order valence-corrected chi connectivity index (χ2v) is 5.14. The van der Waals surface area contributed by atoms with Gasteiger partial charge in [-0.1, -0.05) is 24.3 Å². The van der Waals surface area contributed by atoms with Crippen LogP contribution in [0.15, 0.2) is 29.6 Å². The zero-order valence-electron chi connectivity index (χ0n) is 9.53. The van der Waals surface area contributed by atoms with Crippen molar-refractivity contribution in [1.29, 1.82) is 0 Å². The summed E-state index contributed by atoms with van der Waals surface area (Å²) in [5.41, 5.74) is 9.17. The minimum absolute atomic E-state index is 0.621. The van der Waals surface area contributed by atoms with Crippen molar-refractivity contribution < 1.29 is 0 Å². The maximum absolute atomic E-state index is 5.70. The van der Waals surface area contributed by atoms with Crippen LogP contribution >= 0.6 is 22.9 Å². The van der Waals surface area contributed by atoms with Crippen molar-refractivity contribution in [3.8, 4) is 11.3 Å². The molecule has 0 bridgehead atoms. The van der Waals surface area contributed by atoms with Crippen LogP contribution in [-0.4, -0.2) is 10.9 Å². The van der Waals surface area contributed by atoms with Crippen molar-refractivity contribution in [3.05, 3.63) is 35.2 Å².